The number of para-hydroxylation sites is 1. The molecule has 0 fully saturated rings. The first-order chi connectivity index (χ1) is 16.3. The van der Waals surface area contributed by atoms with Gasteiger partial charge in [0.1, 0.15) is 11.5 Å². The van der Waals surface area contributed by atoms with Crippen LogP contribution < -0.4 is 14.2 Å². The lowest BCUT2D eigenvalue weighted by Crippen LogP contribution is -2.16. The van der Waals surface area contributed by atoms with Crippen LogP contribution in [0.3, 0.4) is 0 Å². The van der Waals surface area contributed by atoms with Gasteiger partial charge in [-0.25, -0.2) is 8.78 Å². The third-order valence-electron chi connectivity index (χ3n) is 5.23. The number of carboxylic acids is 1. The summed E-state index contributed by atoms with van der Waals surface area (Å²) in [4.78, 5) is 10.8. The van der Waals surface area contributed by atoms with Crippen LogP contribution in [0.4, 0.5) is 8.78 Å². The largest absolute Gasteiger partial charge is 0.493 e. The second kappa shape index (κ2) is 12.0. The van der Waals surface area contributed by atoms with Gasteiger partial charge in [0.25, 0.3) is 6.43 Å². The van der Waals surface area contributed by atoms with E-state index in [4.69, 9.17) is 19.3 Å². The minimum atomic E-state index is -2.61. The molecule has 1 N–H and O–H groups in total. The molecule has 3 aromatic rings. The van der Waals surface area contributed by atoms with Gasteiger partial charge in [0.2, 0.25) is 0 Å². The average molecular weight is 471 g/mol. The van der Waals surface area contributed by atoms with Crippen molar-refractivity contribution in [1.29, 1.82) is 0 Å². The molecule has 5 nitrogen and oxygen atoms in total. The summed E-state index contributed by atoms with van der Waals surface area (Å²) < 4.78 is 44.0. The molecule has 0 aliphatic rings. The minimum absolute atomic E-state index is 0.0875. The lowest BCUT2D eigenvalue weighted by molar-refractivity contribution is -0.136. The number of hydrogen-bond donors (Lipinski definition) is 1. The van der Waals surface area contributed by atoms with E-state index in [0.717, 1.165) is 11.1 Å². The van der Waals surface area contributed by atoms with E-state index in [-0.39, 0.29) is 23.8 Å². The Morgan fingerprint density at radius 1 is 0.971 bits per heavy atom. The fourth-order valence-electron chi connectivity index (χ4n) is 3.35. The fourth-order valence-corrected chi connectivity index (χ4v) is 3.35. The highest BCUT2D eigenvalue weighted by Crippen LogP contribution is 2.36. The molecule has 0 aliphatic heterocycles. The first-order valence-corrected chi connectivity index (χ1v) is 11.1. The fraction of sp³-hybridized carbons (Fsp3) is 0.296. The molecular formula is C27H28F2O5. The summed E-state index contributed by atoms with van der Waals surface area (Å²) in [5.41, 5.74) is 1.81. The first kappa shape index (κ1) is 25.0. The van der Waals surface area contributed by atoms with Crippen LogP contribution in [0.15, 0.2) is 66.7 Å². The standard InChI is InChI=1S/C27H28F2O5/c1-18-16-23(11-8-20(18)10-13-26(30)31)32-15-14-19(2)33-24-12-9-21(27(28)29)17-25(24)34-22-6-4-3-5-7-22/h3-9,11-12,16-17,19,27H,10,13-15H2,1-2H3,(H,30,31). The second-order valence-corrected chi connectivity index (χ2v) is 7.97. The molecular weight excluding hydrogens is 442 g/mol. The highest BCUT2D eigenvalue weighted by atomic mass is 19.3. The summed E-state index contributed by atoms with van der Waals surface area (Å²) in [6.45, 7) is 4.18. The number of halogens is 2. The lowest BCUT2D eigenvalue weighted by Gasteiger charge is -2.19. The predicted molar refractivity (Wildman–Crippen MR) is 125 cm³/mol. The van der Waals surface area contributed by atoms with E-state index >= 15 is 0 Å². The van der Waals surface area contributed by atoms with E-state index in [1.54, 1.807) is 24.3 Å². The summed E-state index contributed by atoms with van der Waals surface area (Å²) >= 11 is 0. The third-order valence-corrected chi connectivity index (χ3v) is 5.23. The average Bonchev–Trinajstić information content (AvgIpc) is 2.80. The maximum Gasteiger partial charge on any atom is 0.303 e. The number of carboxylic acid groups (broad SMARTS) is 1. The number of ether oxygens (including phenoxy) is 3. The molecule has 0 saturated carbocycles. The van der Waals surface area contributed by atoms with E-state index in [2.05, 4.69) is 0 Å². The van der Waals surface area contributed by atoms with Crippen LogP contribution in [0.5, 0.6) is 23.0 Å². The number of benzene rings is 3. The van der Waals surface area contributed by atoms with E-state index in [1.807, 2.05) is 38.1 Å². The van der Waals surface area contributed by atoms with Gasteiger partial charge in [0, 0.05) is 18.4 Å². The Hall–Kier alpha value is -3.61. The molecule has 34 heavy (non-hydrogen) atoms. The Labute approximate surface area is 197 Å². The Balaban J connectivity index is 1.58. The van der Waals surface area contributed by atoms with Crippen molar-refractivity contribution in [3.05, 3.63) is 83.4 Å². The van der Waals surface area contributed by atoms with Crippen molar-refractivity contribution in [2.24, 2.45) is 0 Å². The zero-order chi connectivity index (χ0) is 24.5. The molecule has 0 bridgehead atoms. The van der Waals surface area contributed by atoms with Gasteiger partial charge in [-0.15, -0.1) is 0 Å². The van der Waals surface area contributed by atoms with Crippen LogP contribution in [-0.4, -0.2) is 23.8 Å². The normalized spacial score (nSPS) is 11.8. The van der Waals surface area contributed by atoms with Crippen molar-refractivity contribution in [1.82, 2.24) is 0 Å². The first-order valence-electron chi connectivity index (χ1n) is 11.1. The molecule has 180 valence electrons. The summed E-state index contributed by atoms with van der Waals surface area (Å²) in [5.74, 6) is 0.994. The van der Waals surface area contributed by atoms with Crippen molar-refractivity contribution in [2.45, 2.75) is 45.6 Å². The number of aliphatic carboxylic acids is 1. The van der Waals surface area contributed by atoms with Gasteiger partial charge >= 0.3 is 5.97 Å². The molecule has 1 unspecified atom stereocenters. The summed E-state index contributed by atoms with van der Waals surface area (Å²) in [5, 5.41) is 8.85. The molecule has 0 saturated heterocycles. The zero-order valence-electron chi connectivity index (χ0n) is 19.2. The van der Waals surface area contributed by atoms with Gasteiger partial charge < -0.3 is 19.3 Å². The maximum atomic E-state index is 13.2. The number of carbonyl (C=O) groups is 1. The zero-order valence-corrected chi connectivity index (χ0v) is 19.2. The van der Waals surface area contributed by atoms with Gasteiger partial charge in [-0.2, -0.15) is 0 Å². The molecule has 3 aromatic carbocycles. The van der Waals surface area contributed by atoms with Gasteiger partial charge in [0.15, 0.2) is 11.5 Å². The van der Waals surface area contributed by atoms with E-state index in [9.17, 15) is 13.6 Å². The van der Waals surface area contributed by atoms with Gasteiger partial charge in [-0.05, 0) is 73.9 Å². The van der Waals surface area contributed by atoms with Crippen molar-refractivity contribution >= 4 is 5.97 Å². The van der Waals surface area contributed by atoms with Gasteiger partial charge in [0.05, 0.1) is 12.7 Å². The number of hydrogen-bond acceptors (Lipinski definition) is 4. The monoisotopic (exact) mass is 470 g/mol. The Morgan fingerprint density at radius 3 is 2.41 bits per heavy atom. The van der Waals surface area contributed by atoms with Crippen LogP contribution in [0, 0.1) is 6.92 Å². The Bertz CT molecular complexity index is 1090. The van der Waals surface area contributed by atoms with Crippen LogP contribution >= 0.6 is 0 Å². The molecule has 1 atom stereocenters. The molecule has 3 rings (SSSR count). The highest BCUT2D eigenvalue weighted by molar-refractivity contribution is 5.67. The topological polar surface area (TPSA) is 65.0 Å². The predicted octanol–water partition coefficient (Wildman–Crippen LogP) is 6.98. The maximum absolute atomic E-state index is 13.2. The van der Waals surface area contributed by atoms with E-state index < -0.39 is 12.4 Å². The SMILES string of the molecule is Cc1cc(OCCC(C)Oc2ccc(C(F)F)cc2Oc2ccccc2)ccc1CCC(=O)O. The van der Waals surface area contributed by atoms with Crippen LogP contribution in [0.2, 0.25) is 0 Å². The number of alkyl halides is 2. The summed E-state index contributed by atoms with van der Waals surface area (Å²) in [7, 11) is 0. The van der Waals surface area contributed by atoms with Gasteiger partial charge in [-0.3, -0.25) is 4.79 Å². The summed E-state index contributed by atoms with van der Waals surface area (Å²) in [6, 6.07) is 18.6. The third kappa shape index (κ3) is 7.47. The molecule has 7 heteroatoms. The molecule has 0 spiro atoms. The minimum Gasteiger partial charge on any atom is -0.493 e. The quantitative estimate of drug-likeness (QED) is 0.309. The molecule has 0 heterocycles. The highest BCUT2D eigenvalue weighted by Gasteiger charge is 2.16. The van der Waals surface area contributed by atoms with Gasteiger partial charge in [-0.1, -0.05) is 24.3 Å². The van der Waals surface area contributed by atoms with Crippen LogP contribution in [-0.2, 0) is 11.2 Å². The smallest absolute Gasteiger partial charge is 0.303 e. The molecule has 0 amide bonds. The van der Waals surface area contributed by atoms with Crippen molar-refractivity contribution in [3.63, 3.8) is 0 Å². The Morgan fingerprint density at radius 2 is 1.74 bits per heavy atom. The number of rotatable bonds is 12. The van der Waals surface area contributed by atoms with Crippen molar-refractivity contribution in [3.8, 4) is 23.0 Å². The van der Waals surface area contributed by atoms with Crippen LogP contribution in [0.1, 0.15) is 42.9 Å². The molecule has 0 aliphatic carbocycles. The second-order valence-electron chi connectivity index (χ2n) is 7.97. The molecule has 0 aromatic heterocycles. The summed E-state index contributed by atoms with van der Waals surface area (Å²) in [6.07, 6.45) is -1.75. The lowest BCUT2D eigenvalue weighted by atomic mass is 10.0. The van der Waals surface area contributed by atoms with E-state index in [1.165, 1.54) is 18.2 Å². The van der Waals surface area contributed by atoms with Crippen molar-refractivity contribution in [2.75, 3.05) is 6.61 Å². The van der Waals surface area contributed by atoms with Crippen LogP contribution in [0.25, 0.3) is 0 Å². The molecule has 0 radical (unpaired) electrons. The van der Waals surface area contributed by atoms with E-state index in [0.29, 0.717) is 36.7 Å². The number of aryl methyl sites for hydroxylation is 2. The van der Waals surface area contributed by atoms with Crippen molar-refractivity contribution < 1.29 is 32.9 Å². The Kier molecular flexibility index (Phi) is 8.85.